The third-order valence-corrected chi connectivity index (χ3v) is 1.93. The van der Waals surface area contributed by atoms with Gasteiger partial charge in [-0.3, -0.25) is 0 Å². The van der Waals surface area contributed by atoms with E-state index >= 15 is 0 Å². The number of nitrogens with zero attached hydrogens (tertiary/aromatic N) is 5. The van der Waals surface area contributed by atoms with Crippen molar-refractivity contribution in [2.24, 2.45) is 12.1 Å². The normalized spacial score (nSPS) is 10.5. The van der Waals surface area contributed by atoms with E-state index in [-0.39, 0.29) is 11.6 Å². The molecule has 1 aromatic heterocycles. The summed E-state index contributed by atoms with van der Waals surface area (Å²) < 4.78 is 1.26. The highest BCUT2D eigenvalue weighted by atomic mass is 16.6. The van der Waals surface area contributed by atoms with Crippen LogP contribution in [0.1, 0.15) is 5.82 Å². The first-order valence-electron chi connectivity index (χ1n) is 4.60. The van der Waals surface area contributed by atoms with Gasteiger partial charge in [0.1, 0.15) is 12.4 Å². The average Bonchev–Trinajstić information content (AvgIpc) is 2.60. The Balaban J connectivity index is 2.73. The molecule has 0 saturated carbocycles. The molecule has 0 aliphatic heterocycles. The van der Waals surface area contributed by atoms with Crippen molar-refractivity contribution >= 4 is 18.1 Å². The number of carbonyl (C=O) groups excluding carboxylic acids is 1. The summed E-state index contributed by atoms with van der Waals surface area (Å²) in [7, 11) is 4.62. The fraction of sp³-hybridized carbons (Fsp3) is 0.375. The lowest BCUT2D eigenvalue weighted by atomic mass is 10.6. The van der Waals surface area contributed by atoms with E-state index in [2.05, 4.69) is 15.5 Å². The molecule has 0 spiro atoms. The van der Waals surface area contributed by atoms with Crippen LogP contribution in [-0.4, -0.2) is 45.7 Å². The van der Waals surface area contributed by atoms with Crippen molar-refractivity contribution in [2.75, 3.05) is 14.1 Å². The predicted octanol–water partition coefficient (Wildman–Crippen LogP) is -0.0666. The number of nitrogens with one attached hydrogen (secondary N) is 1. The van der Waals surface area contributed by atoms with Gasteiger partial charge in [0.2, 0.25) is 5.82 Å². The van der Waals surface area contributed by atoms with Crippen LogP contribution in [0.3, 0.4) is 0 Å². The smallest absolute Gasteiger partial charge is 0.342 e. The van der Waals surface area contributed by atoms with E-state index in [0.717, 1.165) is 6.20 Å². The minimum Gasteiger partial charge on any atom is -0.358 e. The molecule has 9 heteroatoms. The van der Waals surface area contributed by atoms with Gasteiger partial charge in [0.05, 0.1) is 7.05 Å². The predicted molar refractivity (Wildman–Crippen MR) is 59.7 cm³/mol. The minimum atomic E-state index is -0.553. The van der Waals surface area contributed by atoms with Crippen LogP contribution in [0.5, 0.6) is 0 Å². The van der Waals surface area contributed by atoms with Gasteiger partial charge < -0.3 is 15.0 Å². The van der Waals surface area contributed by atoms with Crippen molar-refractivity contribution in [2.45, 2.75) is 0 Å². The zero-order chi connectivity index (χ0) is 13.0. The molecule has 0 atom stereocenters. The average molecular weight is 240 g/mol. The Hall–Kier alpha value is -2.45. The van der Waals surface area contributed by atoms with Crippen LogP contribution in [0.25, 0.3) is 0 Å². The summed E-state index contributed by atoms with van der Waals surface area (Å²) in [4.78, 5) is 26.2. The number of nitro groups is 1. The van der Waals surface area contributed by atoms with Crippen LogP contribution in [0.2, 0.25) is 0 Å². The second-order valence-corrected chi connectivity index (χ2v) is 3.36. The van der Waals surface area contributed by atoms with Gasteiger partial charge in [0.25, 0.3) is 0 Å². The Bertz CT molecular complexity index is 464. The number of aromatic nitrogens is 2. The molecule has 0 bridgehead atoms. The number of carbonyl (C=O) groups is 1. The number of imidazole rings is 1. The van der Waals surface area contributed by atoms with Gasteiger partial charge in [-0.05, 0) is 4.92 Å². The molecule has 1 heterocycles. The first kappa shape index (κ1) is 12.6. The Morgan fingerprint density at radius 1 is 1.71 bits per heavy atom. The molecular weight excluding hydrogens is 228 g/mol. The molecule has 1 aromatic rings. The Morgan fingerprint density at radius 3 is 2.82 bits per heavy atom. The Kier molecular flexibility index (Phi) is 3.75. The van der Waals surface area contributed by atoms with Crippen molar-refractivity contribution in [3.05, 3.63) is 22.1 Å². The standard InChI is InChI=1S/C8H12N6O3/c1-12(2)8(15)11-10-4-6-9-5-7(13(6)3)14(16)17/h4-5H,1-3H3,(H,11,15)/b10-4+. The highest BCUT2D eigenvalue weighted by molar-refractivity contribution is 5.79. The molecule has 17 heavy (non-hydrogen) atoms. The van der Waals surface area contributed by atoms with E-state index in [1.54, 1.807) is 14.1 Å². The lowest BCUT2D eigenvalue weighted by Gasteiger charge is -2.07. The third kappa shape index (κ3) is 3.00. The van der Waals surface area contributed by atoms with Gasteiger partial charge in [-0.2, -0.15) is 5.10 Å². The molecule has 0 fully saturated rings. The van der Waals surface area contributed by atoms with Crippen molar-refractivity contribution in [1.29, 1.82) is 0 Å². The number of amides is 2. The molecule has 0 saturated heterocycles. The second-order valence-electron chi connectivity index (χ2n) is 3.36. The third-order valence-electron chi connectivity index (χ3n) is 1.93. The van der Waals surface area contributed by atoms with E-state index < -0.39 is 11.0 Å². The lowest BCUT2D eigenvalue weighted by molar-refractivity contribution is -0.391. The zero-order valence-corrected chi connectivity index (χ0v) is 9.62. The number of hydrogen-bond acceptors (Lipinski definition) is 5. The first-order chi connectivity index (χ1) is 7.93. The van der Waals surface area contributed by atoms with E-state index in [0.29, 0.717) is 0 Å². The van der Waals surface area contributed by atoms with Crippen LogP contribution in [-0.2, 0) is 7.05 Å². The number of hydrogen-bond donors (Lipinski definition) is 1. The summed E-state index contributed by atoms with van der Waals surface area (Å²) in [5.74, 6) is 0.126. The lowest BCUT2D eigenvalue weighted by Crippen LogP contribution is -2.31. The Labute approximate surface area is 96.9 Å². The summed E-state index contributed by atoms with van der Waals surface area (Å²) in [5, 5.41) is 14.2. The molecule has 0 aromatic carbocycles. The summed E-state index contributed by atoms with van der Waals surface area (Å²) >= 11 is 0. The van der Waals surface area contributed by atoms with Crippen molar-refractivity contribution < 1.29 is 9.72 Å². The maximum atomic E-state index is 11.1. The van der Waals surface area contributed by atoms with E-state index in [4.69, 9.17) is 0 Å². The largest absolute Gasteiger partial charge is 0.358 e. The second kappa shape index (κ2) is 5.05. The molecule has 1 N–H and O–H groups in total. The fourth-order valence-corrected chi connectivity index (χ4v) is 0.949. The molecule has 2 amide bonds. The molecule has 0 unspecified atom stereocenters. The van der Waals surface area contributed by atoms with E-state index in [9.17, 15) is 14.9 Å². The van der Waals surface area contributed by atoms with Crippen LogP contribution in [0.4, 0.5) is 10.6 Å². The zero-order valence-electron chi connectivity index (χ0n) is 9.62. The van der Waals surface area contributed by atoms with Crippen LogP contribution in [0, 0.1) is 10.1 Å². The van der Waals surface area contributed by atoms with Gasteiger partial charge in [-0.1, -0.05) is 0 Å². The molecule has 0 aliphatic carbocycles. The van der Waals surface area contributed by atoms with Gasteiger partial charge in [0, 0.05) is 14.1 Å². The maximum absolute atomic E-state index is 11.1. The van der Waals surface area contributed by atoms with Gasteiger partial charge >= 0.3 is 11.8 Å². The monoisotopic (exact) mass is 240 g/mol. The number of hydrazone groups is 1. The quantitative estimate of drug-likeness (QED) is 0.453. The molecule has 92 valence electrons. The van der Waals surface area contributed by atoms with Gasteiger partial charge in [0.15, 0.2) is 0 Å². The highest BCUT2D eigenvalue weighted by Gasteiger charge is 2.14. The summed E-state index contributed by atoms with van der Waals surface area (Å²) in [6.07, 6.45) is 2.35. The van der Waals surface area contributed by atoms with Crippen LogP contribution >= 0.6 is 0 Å². The topological polar surface area (TPSA) is 106 Å². The fourth-order valence-electron chi connectivity index (χ4n) is 0.949. The van der Waals surface area contributed by atoms with Crippen molar-refractivity contribution in [3.63, 3.8) is 0 Å². The van der Waals surface area contributed by atoms with E-state index in [1.165, 1.54) is 22.7 Å². The van der Waals surface area contributed by atoms with E-state index in [1.807, 2.05) is 0 Å². The first-order valence-corrected chi connectivity index (χ1v) is 4.60. The summed E-state index contributed by atoms with van der Waals surface area (Å²) in [5.41, 5.74) is 2.23. The van der Waals surface area contributed by atoms with Gasteiger partial charge in [-0.15, -0.1) is 0 Å². The maximum Gasteiger partial charge on any atom is 0.342 e. The number of urea groups is 1. The summed E-state index contributed by atoms with van der Waals surface area (Å²) in [6, 6.07) is -0.398. The molecule has 1 rings (SSSR count). The molecular formula is C8H12N6O3. The molecule has 0 aliphatic rings. The van der Waals surface area contributed by atoms with Gasteiger partial charge in [-0.25, -0.2) is 19.8 Å². The van der Waals surface area contributed by atoms with Crippen LogP contribution < -0.4 is 5.43 Å². The SMILES string of the molecule is CN(C)C(=O)N/N=C/c1ncc([N+](=O)[O-])n1C. The highest BCUT2D eigenvalue weighted by Crippen LogP contribution is 2.09. The summed E-state index contributed by atoms with van der Waals surface area (Å²) in [6.45, 7) is 0. The molecule has 0 radical (unpaired) electrons. The van der Waals surface area contributed by atoms with Crippen molar-refractivity contribution in [1.82, 2.24) is 19.9 Å². The van der Waals surface area contributed by atoms with Crippen LogP contribution in [0.15, 0.2) is 11.3 Å². The van der Waals surface area contributed by atoms with Crippen molar-refractivity contribution in [3.8, 4) is 0 Å². The minimum absolute atomic E-state index is 0.148. The molecule has 9 nitrogen and oxygen atoms in total. The number of rotatable bonds is 3. The Morgan fingerprint density at radius 2 is 2.35 bits per heavy atom.